The Morgan fingerprint density at radius 2 is 1.80 bits per heavy atom. The Kier molecular flexibility index (Phi) is 9.48. The first-order valence-electron chi connectivity index (χ1n) is 13.3. The van der Waals surface area contributed by atoms with Crippen LogP contribution in [-0.2, 0) is 16.1 Å². The maximum atomic E-state index is 14.9. The van der Waals surface area contributed by atoms with Gasteiger partial charge in [-0.2, -0.15) is 4.99 Å². The van der Waals surface area contributed by atoms with Gasteiger partial charge in [0.05, 0.1) is 23.7 Å². The molecule has 2 heterocycles. The molecule has 0 saturated carbocycles. The van der Waals surface area contributed by atoms with Gasteiger partial charge in [0.25, 0.3) is 0 Å². The second kappa shape index (κ2) is 13.5. The summed E-state index contributed by atoms with van der Waals surface area (Å²) in [6.07, 6.45) is -0.827. The molecule has 0 radical (unpaired) electrons. The summed E-state index contributed by atoms with van der Waals surface area (Å²) in [5.74, 6) is -2.73. The fraction of sp³-hybridized carbons (Fsp3) is 0.167. The molecule has 1 aromatic heterocycles. The van der Waals surface area contributed by atoms with Gasteiger partial charge in [-0.3, -0.25) is 9.69 Å². The molecule has 0 aliphatic carbocycles. The highest BCUT2D eigenvalue weighted by Gasteiger charge is 2.33. The summed E-state index contributed by atoms with van der Waals surface area (Å²) >= 11 is 1.01. The first-order chi connectivity index (χ1) is 21.9. The maximum absolute atomic E-state index is 14.9. The molecule has 0 unspecified atom stereocenters. The Morgan fingerprint density at radius 3 is 2.48 bits per heavy atom. The van der Waals surface area contributed by atoms with Crippen LogP contribution in [0.1, 0.15) is 22.5 Å². The standard InChI is InChI=1S/C30H23F5N6O4S/c1-17-3-5-19(14-44-2)24(11-17)41-26(42)15-46-29(41)38-28(43)37-27-22(31)12-18(13-23(27)32)4-10-25-36-16-40(39-25)20-6-8-21(9-7-20)45-30(33,34)35/h3-13,16H,14-15H2,1-2H3,(H,37,43). The number of hydrogen-bond acceptors (Lipinski definition) is 7. The zero-order valence-corrected chi connectivity index (χ0v) is 24.8. The number of carbonyl (C=O) groups excluding carboxylic acids is 2. The molecule has 1 fully saturated rings. The highest BCUT2D eigenvalue weighted by Crippen LogP contribution is 2.31. The summed E-state index contributed by atoms with van der Waals surface area (Å²) in [4.78, 5) is 34.7. The second-order valence-electron chi connectivity index (χ2n) is 9.69. The number of hydrogen-bond donors (Lipinski definition) is 1. The molecule has 1 N–H and O–H groups in total. The number of aliphatic imine (C=N–C) groups is 1. The Hall–Kier alpha value is -5.09. The summed E-state index contributed by atoms with van der Waals surface area (Å²) in [7, 11) is 1.51. The average Bonchev–Trinajstić information content (AvgIpc) is 3.61. The molecular formula is C30H23F5N6O4S. The lowest BCUT2D eigenvalue weighted by Gasteiger charge is -2.20. The number of alkyl halides is 3. The van der Waals surface area contributed by atoms with Crippen LogP contribution in [0.15, 0.2) is 65.9 Å². The van der Waals surface area contributed by atoms with Gasteiger partial charge < -0.3 is 14.8 Å². The fourth-order valence-electron chi connectivity index (χ4n) is 4.32. The van der Waals surface area contributed by atoms with Crippen molar-refractivity contribution in [3.63, 3.8) is 0 Å². The largest absolute Gasteiger partial charge is 0.573 e. The molecule has 1 aliphatic rings. The number of rotatable bonds is 8. The van der Waals surface area contributed by atoms with Crippen molar-refractivity contribution in [1.29, 1.82) is 0 Å². The van der Waals surface area contributed by atoms with Crippen molar-refractivity contribution < 1.29 is 41.0 Å². The van der Waals surface area contributed by atoms with E-state index >= 15 is 0 Å². The molecule has 3 amide bonds. The van der Waals surface area contributed by atoms with Gasteiger partial charge in [-0.25, -0.2) is 23.2 Å². The molecular weight excluding hydrogens is 635 g/mol. The minimum absolute atomic E-state index is 0.0204. The van der Waals surface area contributed by atoms with Crippen LogP contribution in [0.25, 0.3) is 17.8 Å². The predicted molar refractivity (Wildman–Crippen MR) is 162 cm³/mol. The highest BCUT2D eigenvalue weighted by atomic mass is 32.2. The molecule has 1 aliphatic heterocycles. The van der Waals surface area contributed by atoms with Crippen LogP contribution in [0.4, 0.5) is 38.1 Å². The van der Waals surface area contributed by atoms with E-state index in [1.54, 1.807) is 12.1 Å². The fourth-order valence-corrected chi connectivity index (χ4v) is 5.18. The van der Waals surface area contributed by atoms with Crippen LogP contribution in [0.2, 0.25) is 0 Å². The molecule has 5 rings (SSSR count). The van der Waals surface area contributed by atoms with E-state index in [9.17, 15) is 31.5 Å². The van der Waals surface area contributed by atoms with E-state index in [0.29, 0.717) is 16.9 Å². The number of carbonyl (C=O) groups is 2. The van der Waals surface area contributed by atoms with E-state index in [2.05, 4.69) is 25.1 Å². The number of methoxy groups -OCH3 is 1. The third-order valence-corrected chi connectivity index (χ3v) is 7.23. The number of aryl methyl sites for hydroxylation is 1. The lowest BCUT2D eigenvalue weighted by molar-refractivity contribution is -0.274. The number of nitrogens with one attached hydrogen (secondary N) is 1. The first-order valence-corrected chi connectivity index (χ1v) is 14.3. The molecule has 46 heavy (non-hydrogen) atoms. The van der Waals surface area contributed by atoms with Crippen molar-refractivity contribution in [1.82, 2.24) is 14.8 Å². The van der Waals surface area contributed by atoms with Gasteiger partial charge in [0.1, 0.15) is 29.4 Å². The normalized spacial score (nSPS) is 14.5. The summed E-state index contributed by atoms with van der Waals surface area (Å²) in [5.41, 5.74) is 1.78. The smallest absolute Gasteiger partial charge is 0.406 e. The summed E-state index contributed by atoms with van der Waals surface area (Å²) in [6.45, 7) is 2.05. The van der Waals surface area contributed by atoms with Gasteiger partial charge in [-0.1, -0.05) is 30.0 Å². The molecule has 3 aromatic carbocycles. The average molecular weight is 659 g/mol. The van der Waals surface area contributed by atoms with Crippen LogP contribution in [0.3, 0.4) is 0 Å². The quantitative estimate of drug-likeness (QED) is 0.209. The second-order valence-corrected chi connectivity index (χ2v) is 10.6. The van der Waals surface area contributed by atoms with Crippen molar-refractivity contribution in [2.75, 3.05) is 23.1 Å². The SMILES string of the molecule is COCc1ccc(C)cc1N1C(=O)CSC1=NC(=O)Nc1c(F)cc(C=Cc2ncn(-c3ccc(OC(F)(F)F)cc3)n2)cc1F. The van der Waals surface area contributed by atoms with Crippen molar-refractivity contribution >= 4 is 52.4 Å². The Morgan fingerprint density at radius 1 is 1.09 bits per heavy atom. The third-order valence-electron chi connectivity index (χ3n) is 6.31. The van der Waals surface area contributed by atoms with Crippen molar-refractivity contribution in [3.05, 3.63) is 95.1 Å². The van der Waals surface area contributed by atoms with Crippen LogP contribution >= 0.6 is 11.8 Å². The predicted octanol–water partition coefficient (Wildman–Crippen LogP) is 6.74. The molecule has 238 valence electrons. The van der Waals surface area contributed by atoms with Gasteiger partial charge in [0.2, 0.25) is 5.91 Å². The summed E-state index contributed by atoms with van der Waals surface area (Å²) in [6, 6.07) is 11.2. The number of thioether (sulfide) groups is 1. The van der Waals surface area contributed by atoms with Gasteiger partial charge in [-0.05, 0) is 66.6 Å². The number of amides is 3. The minimum Gasteiger partial charge on any atom is -0.406 e. The van der Waals surface area contributed by atoms with E-state index in [-0.39, 0.29) is 34.8 Å². The minimum atomic E-state index is -4.82. The number of aromatic nitrogens is 3. The van der Waals surface area contributed by atoms with E-state index in [1.165, 1.54) is 47.3 Å². The molecule has 1 saturated heterocycles. The number of anilines is 2. The Bertz CT molecular complexity index is 1820. The zero-order chi connectivity index (χ0) is 33.0. The number of halogens is 5. The number of benzene rings is 3. The third kappa shape index (κ3) is 7.76. The number of urea groups is 1. The Labute approximate surface area is 262 Å². The topological polar surface area (TPSA) is 111 Å². The summed E-state index contributed by atoms with van der Waals surface area (Å²) < 4.78 is 77.3. The number of ether oxygens (including phenoxy) is 2. The van der Waals surface area contributed by atoms with Crippen LogP contribution in [0.5, 0.6) is 5.75 Å². The maximum Gasteiger partial charge on any atom is 0.573 e. The lowest BCUT2D eigenvalue weighted by atomic mass is 10.1. The van der Waals surface area contributed by atoms with Gasteiger partial charge in [0, 0.05) is 12.7 Å². The molecule has 10 nitrogen and oxygen atoms in total. The van der Waals surface area contributed by atoms with E-state index < -0.39 is 35.5 Å². The van der Waals surface area contributed by atoms with Gasteiger partial charge in [-0.15, -0.1) is 18.3 Å². The van der Waals surface area contributed by atoms with Crippen LogP contribution in [-0.4, -0.2) is 51.1 Å². The molecule has 16 heteroatoms. The van der Waals surface area contributed by atoms with Crippen molar-refractivity contribution in [3.8, 4) is 11.4 Å². The van der Waals surface area contributed by atoms with Gasteiger partial charge in [0.15, 0.2) is 11.0 Å². The lowest BCUT2D eigenvalue weighted by Crippen LogP contribution is -2.31. The number of amidine groups is 1. The van der Waals surface area contributed by atoms with E-state index in [4.69, 9.17) is 4.74 Å². The van der Waals surface area contributed by atoms with Gasteiger partial charge >= 0.3 is 12.4 Å². The van der Waals surface area contributed by atoms with Crippen LogP contribution in [0, 0.1) is 18.6 Å². The highest BCUT2D eigenvalue weighted by molar-refractivity contribution is 8.15. The monoisotopic (exact) mass is 658 g/mol. The molecule has 4 aromatic rings. The van der Waals surface area contributed by atoms with Crippen molar-refractivity contribution in [2.24, 2.45) is 4.99 Å². The van der Waals surface area contributed by atoms with Crippen LogP contribution < -0.4 is 15.0 Å². The van der Waals surface area contributed by atoms with Crippen molar-refractivity contribution in [2.45, 2.75) is 19.9 Å². The molecule has 0 spiro atoms. The van der Waals surface area contributed by atoms with E-state index in [1.807, 2.05) is 13.0 Å². The van der Waals surface area contributed by atoms with E-state index in [0.717, 1.165) is 41.6 Å². The Balaban J connectivity index is 1.28. The summed E-state index contributed by atoms with van der Waals surface area (Å²) in [5, 5.41) is 6.31. The zero-order valence-electron chi connectivity index (χ0n) is 24.0. The molecule has 0 atom stereocenters. The first kappa shape index (κ1) is 32.3. The molecule has 0 bridgehead atoms. The number of nitrogens with zero attached hydrogens (tertiary/aromatic N) is 5.